The largest absolute Gasteiger partial charge is 0.0999 e. The molecule has 2 aromatic rings. The van der Waals surface area contributed by atoms with E-state index in [2.05, 4.69) is 53.3 Å². The van der Waals surface area contributed by atoms with Crippen molar-refractivity contribution in [1.29, 1.82) is 0 Å². The van der Waals surface area contributed by atoms with Gasteiger partial charge in [-0.25, -0.2) is 0 Å². The minimum Gasteiger partial charge on any atom is -0.0777 e. The summed E-state index contributed by atoms with van der Waals surface area (Å²) in [4.78, 5) is 3.21. The Balaban J connectivity index is 2.10. The van der Waals surface area contributed by atoms with Crippen molar-refractivity contribution in [3.63, 3.8) is 0 Å². The van der Waals surface area contributed by atoms with Gasteiger partial charge in [0.1, 0.15) is 0 Å². The van der Waals surface area contributed by atoms with E-state index in [-0.39, 0.29) is 0 Å². The molecule has 22 heavy (non-hydrogen) atoms. The molecule has 2 aromatic carbocycles. The predicted octanol–water partition coefficient (Wildman–Crippen LogP) is 6.19. The van der Waals surface area contributed by atoms with Gasteiger partial charge in [-0.2, -0.15) is 0 Å². The lowest BCUT2D eigenvalue weighted by molar-refractivity contribution is 0.464. The maximum atomic E-state index is 9.20. The number of unbranched alkanes of at least 4 members (excludes halogenated alkanes) is 3. The minimum absolute atomic E-state index is 0.532. The van der Waals surface area contributed by atoms with Crippen molar-refractivity contribution in [3.05, 3.63) is 70.1 Å². The van der Waals surface area contributed by atoms with Gasteiger partial charge >= 0.3 is 0 Å². The first-order chi connectivity index (χ1) is 10.8. The molecule has 1 aliphatic carbocycles. The molecule has 0 saturated heterocycles. The molecule has 0 bridgehead atoms. The van der Waals surface area contributed by atoms with Crippen LogP contribution in [0.5, 0.6) is 0 Å². The van der Waals surface area contributed by atoms with Gasteiger partial charge in [0.2, 0.25) is 0 Å². The number of hydrogen-bond donors (Lipinski definition) is 0. The van der Waals surface area contributed by atoms with E-state index < -0.39 is 5.54 Å². The quantitative estimate of drug-likeness (QED) is 0.263. The van der Waals surface area contributed by atoms with Crippen molar-refractivity contribution < 1.29 is 0 Å². The van der Waals surface area contributed by atoms with Crippen molar-refractivity contribution in [1.82, 2.24) is 0 Å². The lowest BCUT2D eigenvalue weighted by atomic mass is 9.83. The van der Waals surface area contributed by atoms with Crippen LogP contribution in [0.15, 0.2) is 53.6 Å². The Kier molecular flexibility index (Phi) is 4.17. The first kappa shape index (κ1) is 14.7. The highest BCUT2D eigenvalue weighted by Crippen LogP contribution is 2.52. The van der Waals surface area contributed by atoms with E-state index in [4.69, 9.17) is 0 Å². The molecule has 1 aliphatic rings. The third kappa shape index (κ3) is 2.28. The first-order valence-electron chi connectivity index (χ1n) is 8.09. The zero-order valence-corrected chi connectivity index (χ0v) is 13.0. The van der Waals surface area contributed by atoms with Crippen LogP contribution < -0.4 is 0 Å². The summed E-state index contributed by atoms with van der Waals surface area (Å²) in [6.45, 7) is 2.21. The highest BCUT2D eigenvalue weighted by molar-refractivity contribution is 5.80. The van der Waals surface area contributed by atoms with Gasteiger partial charge in [-0.15, -0.1) is 0 Å². The fourth-order valence-corrected chi connectivity index (χ4v) is 3.61. The van der Waals surface area contributed by atoms with Crippen molar-refractivity contribution in [2.24, 2.45) is 5.11 Å². The van der Waals surface area contributed by atoms with E-state index in [9.17, 15) is 5.53 Å². The summed E-state index contributed by atoms with van der Waals surface area (Å²) in [5.74, 6) is 0. The molecule has 3 rings (SSSR count). The van der Waals surface area contributed by atoms with Crippen molar-refractivity contribution in [2.45, 2.75) is 44.6 Å². The topological polar surface area (TPSA) is 48.8 Å². The summed E-state index contributed by atoms with van der Waals surface area (Å²) >= 11 is 0. The van der Waals surface area contributed by atoms with Crippen LogP contribution in [-0.2, 0) is 5.54 Å². The third-order valence-corrected chi connectivity index (χ3v) is 4.64. The summed E-state index contributed by atoms with van der Waals surface area (Å²) in [7, 11) is 0. The lowest BCUT2D eigenvalue weighted by Gasteiger charge is -2.26. The van der Waals surface area contributed by atoms with Crippen LogP contribution in [0.2, 0.25) is 0 Å². The Hall–Kier alpha value is -2.25. The number of fused-ring (bicyclic) bond motifs is 3. The molecule has 0 fully saturated rings. The lowest BCUT2D eigenvalue weighted by Crippen LogP contribution is -2.21. The van der Waals surface area contributed by atoms with Crippen molar-refractivity contribution in [3.8, 4) is 11.1 Å². The predicted molar refractivity (Wildman–Crippen MR) is 90.6 cm³/mol. The molecule has 0 unspecified atom stereocenters. The summed E-state index contributed by atoms with van der Waals surface area (Å²) in [5.41, 5.74) is 13.4. The van der Waals surface area contributed by atoms with Crippen LogP contribution in [0, 0.1) is 0 Å². The fraction of sp³-hybridized carbons (Fsp3) is 0.368. The second-order valence-electron chi connectivity index (χ2n) is 5.95. The standard InChI is InChI=1S/C19H21N3/c1-2-3-4-9-14-19(21-22-20)17-12-7-5-10-15(17)16-11-6-8-13-18(16)19/h5-8,10-13H,2-4,9,14H2,1H3. The molecule has 0 aliphatic heterocycles. The zero-order valence-electron chi connectivity index (χ0n) is 13.0. The van der Waals surface area contributed by atoms with Gasteiger partial charge in [0.15, 0.2) is 0 Å². The summed E-state index contributed by atoms with van der Waals surface area (Å²) in [5, 5.41) is 4.32. The third-order valence-electron chi connectivity index (χ3n) is 4.64. The molecule has 0 heterocycles. The maximum Gasteiger partial charge on any atom is 0.0999 e. The normalized spacial score (nSPS) is 14.0. The molecule has 0 radical (unpaired) electrons. The van der Waals surface area contributed by atoms with Crippen LogP contribution in [0.1, 0.15) is 50.2 Å². The highest BCUT2D eigenvalue weighted by Gasteiger charge is 2.41. The average molecular weight is 291 g/mol. The molecule has 3 heteroatoms. The highest BCUT2D eigenvalue weighted by atomic mass is 15.2. The van der Waals surface area contributed by atoms with E-state index in [1.165, 1.54) is 30.4 Å². The first-order valence-corrected chi connectivity index (χ1v) is 8.09. The Morgan fingerprint density at radius 3 is 2.05 bits per heavy atom. The molecule has 0 saturated carbocycles. The van der Waals surface area contributed by atoms with E-state index in [1.807, 2.05) is 12.1 Å². The molecule has 0 amide bonds. The molecule has 0 spiro atoms. The van der Waals surface area contributed by atoms with Crippen LogP contribution in [-0.4, -0.2) is 0 Å². The smallest absolute Gasteiger partial charge is 0.0777 e. The maximum absolute atomic E-state index is 9.20. The molecule has 0 atom stereocenters. The molecule has 112 valence electrons. The van der Waals surface area contributed by atoms with E-state index in [0.717, 1.165) is 24.0 Å². The number of rotatable bonds is 6. The van der Waals surface area contributed by atoms with Gasteiger partial charge < -0.3 is 0 Å². The molecule has 0 N–H and O–H groups in total. The Bertz CT molecular complexity index is 669. The molecule has 0 aromatic heterocycles. The Morgan fingerprint density at radius 2 is 1.50 bits per heavy atom. The van der Waals surface area contributed by atoms with Crippen LogP contribution >= 0.6 is 0 Å². The SMILES string of the molecule is CCCCCCC1(N=[N+]=[N-])c2ccccc2-c2ccccc21. The average Bonchev–Trinajstić information content (AvgIpc) is 2.84. The molecular formula is C19H21N3. The van der Waals surface area contributed by atoms with Crippen molar-refractivity contribution in [2.75, 3.05) is 0 Å². The minimum atomic E-state index is -0.532. The number of nitrogens with zero attached hydrogens (tertiary/aromatic N) is 3. The van der Waals surface area contributed by atoms with Gasteiger partial charge in [-0.3, -0.25) is 0 Å². The summed E-state index contributed by atoms with van der Waals surface area (Å²) in [6, 6.07) is 16.7. The van der Waals surface area contributed by atoms with Gasteiger partial charge in [0, 0.05) is 4.91 Å². The second kappa shape index (κ2) is 6.25. The Morgan fingerprint density at radius 1 is 0.909 bits per heavy atom. The number of azide groups is 1. The van der Waals surface area contributed by atoms with Crippen molar-refractivity contribution >= 4 is 0 Å². The number of benzene rings is 2. The van der Waals surface area contributed by atoms with Gasteiger partial charge in [0.25, 0.3) is 0 Å². The van der Waals surface area contributed by atoms with Crippen LogP contribution in [0.3, 0.4) is 0 Å². The fourth-order valence-electron chi connectivity index (χ4n) is 3.61. The monoisotopic (exact) mass is 291 g/mol. The van der Waals surface area contributed by atoms with E-state index in [0.29, 0.717) is 0 Å². The van der Waals surface area contributed by atoms with E-state index in [1.54, 1.807) is 0 Å². The molecular weight excluding hydrogens is 270 g/mol. The summed E-state index contributed by atoms with van der Waals surface area (Å²) in [6.07, 6.45) is 5.58. The van der Waals surface area contributed by atoms with Crippen LogP contribution in [0.25, 0.3) is 21.6 Å². The Labute approximate surface area is 131 Å². The van der Waals surface area contributed by atoms with Crippen LogP contribution in [0.4, 0.5) is 0 Å². The van der Waals surface area contributed by atoms with Gasteiger partial charge in [0.05, 0.1) is 5.54 Å². The molecule has 3 nitrogen and oxygen atoms in total. The zero-order chi connectivity index (χ0) is 15.4. The van der Waals surface area contributed by atoms with Gasteiger partial charge in [-0.05, 0) is 34.2 Å². The summed E-state index contributed by atoms with van der Waals surface area (Å²) < 4.78 is 0. The van der Waals surface area contributed by atoms with Gasteiger partial charge in [-0.1, -0.05) is 86.3 Å². The number of hydrogen-bond acceptors (Lipinski definition) is 1. The second-order valence-corrected chi connectivity index (χ2v) is 5.95. The van der Waals surface area contributed by atoms with E-state index >= 15 is 0 Å².